The van der Waals surface area contributed by atoms with E-state index >= 15 is 0 Å². The first-order valence-corrected chi connectivity index (χ1v) is 16.4. The van der Waals surface area contributed by atoms with Gasteiger partial charge in [0.25, 0.3) is 5.91 Å². The zero-order valence-corrected chi connectivity index (χ0v) is 27.9. The monoisotopic (exact) mass is 672 g/mol. The van der Waals surface area contributed by atoms with E-state index in [0.717, 1.165) is 29.8 Å². The van der Waals surface area contributed by atoms with Gasteiger partial charge in [0, 0.05) is 76.2 Å². The fraction of sp³-hybridized carbons (Fsp3) is 0.417. The van der Waals surface area contributed by atoms with Gasteiger partial charge in [-0.15, -0.1) is 0 Å². The van der Waals surface area contributed by atoms with Crippen molar-refractivity contribution in [3.8, 4) is 22.8 Å². The number of para-hydroxylation sites is 1. The number of carbonyl (C=O) groups is 2. The summed E-state index contributed by atoms with van der Waals surface area (Å²) in [7, 11) is 3.10. The van der Waals surface area contributed by atoms with Crippen molar-refractivity contribution >= 4 is 11.7 Å². The highest BCUT2D eigenvalue weighted by molar-refractivity contribution is 5.97. The minimum absolute atomic E-state index is 0.000700. The van der Waals surface area contributed by atoms with Crippen LogP contribution < -0.4 is 10.1 Å². The summed E-state index contributed by atoms with van der Waals surface area (Å²) in [6.45, 7) is 4.57. The normalized spacial score (nSPS) is 18.4. The Morgan fingerprint density at radius 3 is 2.61 bits per heavy atom. The molecule has 6 rings (SSSR count). The Labute approximate surface area is 284 Å². The van der Waals surface area contributed by atoms with Crippen LogP contribution in [0, 0.1) is 18.8 Å². The van der Waals surface area contributed by atoms with Gasteiger partial charge in [-0.05, 0) is 61.2 Å². The number of rotatable bonds is 13. The summed E-state index contributed by atoms with van der Waals surface area (Å²) < 4.78 is 32.0. The Kier molecular flexibility index (Phi) is 11.0. The van der Waals surface area contributed by atoms with Gasteiger partial charge in [0.2, 0.25) is 11.8 Å². The molecule has 0 aliphatic carbocycles. The van der Waals surface area contributed by atoms with Gasteiger partial charge < -0.3 is 19.5 Å². The molecule has 0 saturated carbocycles. The minimum atomic E-state index is -0.603. The number of aromatic nitrogens is 4. The molecule has 0 bridgehead atoms. The van der Waals surface area contributed by atoms with Gasteiger partial charge >= 0.3 is 0 Å². The molecule has 2 aliphatic heterocycles. The van der Waals surface area contributed by atoms with E-state index in [-0.39, 0.29) is 42.4 Å². The van der Waals surface area contributed by atoms with Crippen molar-refractivity contribution in [2.75, 3.05) is 47.1 Å². The number of hydroxylamine groups is 2. The molecule has 2 fully saturated rings. The van der Waals surface area contributed by atoms with Crippen LogP contribution in [0.15, 0.2) is 60.9 Å². The molecule has 13 heteroatoms. The number of Topliss-reactive ketones (excluding diaryl/α,β-unsaturated/α-hetero) is 1. The number of ether oxygens (including phenoxy) is 3. The highest BCUT2D eigenvalue weighted by atomic mass is 19.1. The van der Waals surface area contributed by atoms with E-state index in [1.54, 1.807) is 35.2 Å². The molecule has 2 aliphatic rings. The summed E-state index contributed by atoms with van der Waals surface area (Å²) in [5.41, 5.74) is 4.45. The summed E-state index contributed by atoms with van der Waals surface area (Å²) in [5, 5.41) is 9.82. The number of pyridine rings is 2. The molecule has 258 valence electrons. The number of hydrogen-bond donors (Lipinski definition) is 1. The van der Waals surface area contributed by atoms with Crippen LogP contribution in [0.3, 0.4) is 0 Å². The Hall–Kier alpha value is -4.56. The Morgan fingerprint density at radius 2 is 1.88 bits per heavy atom. The summed E-state index contributed by atoms with van der Waals surface area (Å²) in [5.74, 6) is -0.908. The van der Waals surface area contributed by atoms with E-state index in [9.17, 15) is 14.0 Å². The standard InChI is InChI=1S/C36H41FN6O6/c1-23-31(20-29(44)17-26-22-42(13-16-46-2)49-34(26)24-9-12-38-32(37)19-24)43(28-7-5-4-6-8-28)41-33(23)25-18-30(36(47-3)39-21-25)35(45)40-27-10-14-48-15-11-27/h4-9,12,18-19,21,26-27,34H,10-11,13-17,20,22H2,1-3H3,(H,40,45)/t26-,34+/m1/s1. The zero-order valence-electron chi connectivity index (χ0n) is 27.9. The highest BCUT2D eigenvalue weighted by Gasteiger charge is 2.37. The predicted octanol–water partition coefficient (Wildman–Crippen LogP) is 4.45. The molecule has 4 aromatic rings. The Morgan fingerprint density at radius 1 is 1.08 bits per heavy atom. The smallest absolute Gasteiger partial charge is 0.257 e. The molecule has 2 saturated heterocycles. The number of ketones is 1. The van der Waals surface area contributed by atoms with E-state index in [4.69, 9.17) is 24.1 Å². The van der Waals surface area contributed by atoms with Crippen LogP contribution in [-0.2, 0) is 25.5 Å². The fourth-order valence-electron chi connectivity index (χ4n) is 6.44. The third kappa shape index (κ3) is 8.02. The van der Waals surface area contributed by atoms with Gasteiger partial charge in [0.05, 0.1) is 30.8 Å². The number of halogens is 1. The van der Waals surface area contributed by atoms with E-state index in [0.29, 0.717) is 55.3 Å². The average Bonchev–Trinajstić information content (AvgIpc) is 3.67. The molecular weight excluding hydrogens is 631 g/mol. The molecule has 2 atom stereocenters. The first-order chi connectivity index (χ1) is 23.8. The molecule has 12 nitrogen and oxygen atoms in total. The lowest BCUT2D eigenvalue weighted by atomic mass is 9.91. The molecule has 1 amide bonds. The maximum absolute atomic E-state index is 14.1. The van der Waals surface area contributed by atoms with Gasteiger partial charge in [-0.25, -0.2) is 14.6 Å². The SMILES string of the molecule is COCCN1C[C@@H](CC(=O)Cc2c(C)c(-c3cnc(OC)c(C(=O)NC4CCOCC4)c3)nn2-c2ccccc2)[C@H](c2ccnc(F)c2)O1. The minimum Gasteiger partial charge on any atom is -0.480 e. The van der Waals surface area contributed by atoms with Crippen molar-refractivity contribution in [1.82, 2.24) is 30.1 Å². The Balaban J connectivity index is 1.29. The van der Waals surface area contributed by atoms with Crippen molar-refractivity contribution in [2.45, 2.75) is 44.8 Å². The van der Waals surface area contributed by atoms with Crippen LogP contribution >= 0.6 is 0 Å². The second-order valence-corrected chi connectivity index (χ2v) is 12.3. The van der Waals surface area contributed by atoms with E-state index in [1.807, 2.05) is 37.3 Å². The molecule has 0 spiro atoms. The number of carbonyl (C=O) groups excluding carboxylic acids is 2. The molecule has 49 heavy (non-hydrogen) atoms. The quantitative estimate of drug-likeness (QED) is 0.204. The summed E-state index contributed by atoms with van der Waals surface area (Å²) in [6, 6.07) is 14.4. The topological polar surface area (TPSA) is 130 Å². The van der Waals surface area contributed by atoms with Gasteiger partial charge in [0.15, 0.2) is 0 Å². The van der Waals surface area contributed by atoms with Crippen molar-refractivity contribution in [2.24, 2.45) is 5.92 Å². The second kappa shape index (κ2) is 15.8. The van der Waals surface area contributed by atoms with Gasteiger partial charge in [-0.3, -0.25) is 14.4 Å². The molecule has 0 radical (unpaired) electrons. The van der Waals surface area contributed by atoms with Crippen molar-refractivity contribution in [1.29, 1.82) is 0 Å². The lowest BCUT2D eigenvalue weighted by Crippen LogP contribution is -2.39. The first kappa shape index (κ1) is 34.3. The van der Waals surface area contributed by atoms with Crippen LogP contribution in [0.4, 0.5) is 4.39 Å². The lowest BCUT2D eigenvalue weighted by Gasteiger charge is -2.23. The molecule has 1 N–H and O–H groups in total. The summed E-state index contributed by atoms with van der Waals surface area (Å²) in [6.07, 6.45) is 4.29. The number of methoxy groups -OCH3 is 2. The van der Waals surface area contributed by atoms with Crippen molar-refractivity contribution in [3.63, 3.8) is 0 Å². The van der Waals surface area contributed by atoms with Gasteiger partial charge in [-0.2, -0.15) is 14.6 Å². The van der Waals surface area contributed by atoms with Crippen LogP contribution in [-0.4, -0.2) is 89.7 Å². The van der Waals surface area contributed by atoms with Crippen LogP contribution in [0.25, 0.3) is 16.9 Å². The van der Waals surface area contributed by atoms with Crippen LogP contribution in [0.1, 0.15) is 52.5 Å². The van der Waals surface area contributed by atoms with E-state index < -0.39 is 12.1 Å². The number of benzene rings is 1. The maximum atomic E-state index is 14.1. The third-order valence-corrected chi connectivity index (χ3v) is 8.97. The molecule has 3 aromatic heterocycles. The van der Waals surface area contributed by atoms with Crippen LogP contribution in [0.2, 0.25) is 0 Å². The van der Waals surface area contributed by atoms with E-state index in [2.05, 4.69) is 15.3 Å². The van der Waals surface area contributed by atoms with Gasteiger partial charge in [-0.1, -0.05) is 18.2 Å². The number of hydrogen-bond acceptors (Lipinski definition) is 10. The number of amides is 1. The third-order valence-electron chi connectivity index (χ3n) is 8.97. The van der Waals surface area contributed by atoms with Gasteiger partial charge in [0.1, 0.15) is 17.5 Å². The lowest BCUT2D eigenvalue weighted by molar-refractivity contribution is -0.155. The fourth-order valence-corrected chi connectivity index (χ4v) is 6.44. The van der Waals surface area contributed by atoms with Crippen LogP contribution in [0.5, 0.6) is 5.88 Å². The number of nitrogens with one attached hydrogen (secondary N) is 1. The Bertz CT molecular complexity index is 1760. The first-order valence-electron chi connectivity index (χ1n) is 16.4. The maximum Gasteiger partial charge on any atom is 0.257 e. The summed E-state index contributed by atoms with van der Waals surface area (Å²) in [4.78, 5) is 41.6. The summed E-state index contributed by atoms with van der Waals surface area (Å²) >= 11 is 0. The number of nitrogens with zero attached hydrogens (tertiary/aromatic N) is 5. The average molecular weight is 673 g/mol. The molecule has 1 aromatic carbocycles. The highest BCUT2D eigenvalue weighted by Crippen LogP contribution is 2.37. The van der Waals surface area contributed by atoms with E-state index in [1.165, 1.54) is 19.4 Å². The molecular formula is C36H41FN6O6. The largest absolute Gasteiger partial charge is 0.480 e. The second-order valence-electron chi connectivity index (χ2n) is 12.3. The van der Waals surface area contributed by atoms with Crippen molar-refractivity contribution < 1.29 is 33.0 Å². The predicted molar refractivity (Wildman–Crippen MR) is 178 cm³/mol. The van der Waals surface area contributed by atoms with Crippen molar-refractivity contribution in [3.05, 3.63) is 89.3 Å². The zero-order chi connectivity index (χ0) is 34.3. The molecule has 0 unspecified atom stereocenters. The molecule has 5 heterocycles.